The second-order valence-corrected chi connectivity index (χ2v) is 11.9. The number of benzene rings is 3. The highest BCUT2D eigenvalue weighted by atomic mass is 32.2. The van der Waals surface area contributed by atoms with Gasteiger partial charge < -0.3 is 14.8 Å². The van der Waals surface area contributed by atoms with Gasteiger partial charge in [-0.2, -0.15) is 22.5 Å². The number of nitrogens with one attached hydrogen (secondary N) is 2. The minimum Gasteiger partial charge on any atom is -0.356 e. The molecule has 40 heavy (non-hydrogen) atoms. The SMILES string of the molecule is CC(C)(C)c1cc(-c2ccc(NC(=O)Nc3cccc4ccccc34)cc2)c(C#N)c(OS(=O)(=O)C(C)(F)F)n1. The number of amides is 2. The molecule has 0 atom stereocenters. The zero-order chi connectivity index (χ0) is 29.3. The lowest BCUT2D eigenvalue weighted by molar-refractivity contribution is 0.103. The van der Waals surface area contributed by atoms with Crippen molar-refractivity contribution in [1.82, 2.24) is 4.98 Å². The second-order valence-electron chi connectivity index (χ2n) is 10.1. The number of nitrogens with zero attached hydrogens (tertiary/aromatic N) is 2. The third kappa shape index (κ3) is 6.02. The normalized spacial score (nSPS) is 12.0. The fourth-order valence-electron chi connectivity index (χ4n) is 3.83. The van der Waals surface area contributed by atoms with Crippen LogP contribution in [0.15, 0.2) is 72.8 Å². The molecule has 0 aliphatic heterocycles. The number of rotatable bonds is 6. The van der Waals surface area contributed by atoms with Gasteiger partial charge in [-0.25, -0.2) is 9.78 Å². The fourth-order valence-corrected chi connectivity index (χ4v) is 4.31. The van der Waals surface area contributed by atoms with E-state index in [1.54, 1.807) is 57.2 Å². The van der Waals surface area contributed by atoms with E-state index in [-0.39, 0.29) is 18.1 Å². The summed E-state index contributed by atoms with van der Waals surface area (Å²) in [4.78, 5) is 16.8. The summed E-state index contributed by atoms with van der Waals surface area (Å²) < 4.78 is 56.2. The molecule has 206 valence electrons. The Morgan fingerprint density at radius 3 is 2.23 bits per heavy atom. The van der Waals surface area contributed by atoms with Gasteiger partial charge in [0.15, 0.2) is 0 Å². The van der Waals surface area contributed by atoms with Crippen LogP contribution in [0.1, 0.15) is 39.0 Å². The Bertz CT molecular complexity index is 1730. The molecule has 8 nitrogen and oxygen atoms in total. The minimum atomic E-state index is -5.41. The third-order valence-corrected chi connectivity index (χ3v) is 7.24. The van der Waals surface area contributed by atoms with Crippen molar-refractivity contribution < 1.29 is 26.2 Å². The number of alkyl halides is 2. The highest BCUT2D eigenvalue weighted by Crippen LogP contribution is 2.36. The predicted octanol–water partition coefficient (Wildman–Crippen LogP) is 7.04. The van der Waals surface area contributed by atoms with E-state index in [1.165, 1.54) is 0 Å². The van der Waals surface area contributed by atoms with Gasteiger partial charge in [-0.15, -0.1) is 0 Å². The van der Waals surface area contributed by atoms with Crippen molar-refractivity contribution in [2.75, 3.05) is 10.6 Å². The minimum absolute atomic E-state index is 0.186. The van der Waals surface area contributed by atoms with Gasteiger partial charge in [-0.3, -0.25) is 0 Å². The van der Waals surface area contributed by atoms with Gasteiger partial charge in [0.25, 0.3) is 5.88 Å². The zero-order valence-electron chi connectivity index (χ0n) is 22.1. The molecule has 3 aromatic carbocycles. The van der Waals surface area contributed by atoms with Gasteiger partial charge in [0.2, 0.25) is 0 Å². The number of carbonyl (C=O) groups excluding carboxylic acids is 1. The molecule has 2 N–H and O–H groups in total. The highest BCUT2D eigenvalue weighted by Gasteiger charge is 2.43. The summed E-state index contributed by atoms with van der Waals surface area (Å²) in [7, 11) is -5.41. The van der Waals surface area contributed by atoms with Crippen LogP contribution in [-0.2, 0) is 15.5 Å². The number of urea groups is 1. The van der Waals surface area contributed by atoms with Crippen molar-refractivity contribution in [3.05, 3.63) is 84.1 Å². The molecule has 0 bridgehead atoms. The van der Waals surface area contributed by atoms with Crippen LogP contribution in [0.2, 0.25) is 0 Å². The van der Waals surface area contributed by atoms with E-state index >= 15 is 0 Å². The maximum absolute atomic E-state index is 13.7. The first-order chi connectivity index (χ1) is 18.7. The van der Waals surface area contributed by atoms with Gasteiger partial charge in [0.05, 0.1) is 11.4 Å². The lowest BCUT2D eigenvalue weighted by Crippen LogP contribution is -2.30. The monoisotopic (exact) mass is 564 g/mol. The number of fused-ring (bicyclic) bond motifs is 1. The van der Waals surface area contributed by atoms with Crippen molar-refractivity contribution in [2.45, 2.75) is 38.4 Å². The van der Waals surface area contributed by atoms with Gasteiger partial charge in [-0.1, -0.05) is 69.3 Å². The highest BCUT2D eigenvalue weighted by molar-refractivity contribution is 7.88. The molecule has 0 saturated heterocycles. The topological polar surface area (TPSA) is 121 Å². The number of halogens is 2. The molecule has 1 aromatic heterocycles. The summed E-state index contributed by atoms with van der Waals surface area (Å²) in [6.07, 6.45) is 0. The van der Waals surface area contributed by atoms with Crippen LogP contribution in [0.25, 0.3) is 21.9 Å². The lowest BCUT2D eigenvalue weighted by atomic mass is 9.88. The Morgan fingerprint density at radius 1 is 0.950 bits per heavy atom. The fraction of sp³-hybridized carbons (Fsp3) is 0.207. The number of carbonyl (C=O) groups is 1. The average molecular weight is 565 g/mol. The number of hydrogen-bond acceptors (Lipinski definition) is 6. The van der Waals surface area contributed by atoms with Crippen molar-refractivity contribution in [2.24, 2.45) is 0 Å². The van der Waals surface area contributed by atoms with Crippen LogP contribution in [0.4, 0.5) is 25.0 Å². The lowest BCUT2D eigenvalue weighted by Gasteiger charge is -2.21. The standard InChI is InChI=1S/C29H26F2N4O4S/c1-28(2,3)25-16-22(23(17-32)26(35-25)39-40(37,38)29(4,30)31)19-12-14-20(15-13-19)33-27(36)34-24-11-7-9-18-8-5-6-10-21(18)24/h5-16H,1-4H3,(H2,33,34,36). The molecule has 0 unspecified atom stereocenters. The van der Waals surface area contributed by atoms with Crippen LogP contribution >= 0.6 is 0 Å². The molecule has 4 rings (SSSR count). The number of aromatic nitrogens is 1. The molecule has 0 spiro atoms. The second kappa shape index (κ2) is 10.5. The van der Waals surface area contributed by atoms with Crippen LogP contribution in [0, 0.1) is 11.3 Å². The molecule has 0 aliphatic carbocycles. The molecule has 4 aromatic rings. The molecule has 0 radical (unpaired) electrons. The number of pyridine rings is 1. The summed E-state index contributed by atoms with van der Waals surface area (Å²) >= 11 is 0. The molecule has 2 amide bonds. The van der Waals surface area contributed by atoms with Crippen LogP contribution in [-0.4, -0.2) is 24.7 Å². The quantitative estimate of drug-likeness (QED) is 0.242. The van der Waals surface area contributed by atoms with Gasteiger partial charge >= 0.3 is 21.4 Å². The van der Waals surface area contributed by atoms with E-state index in [1.807, 2.05) is 42.5 Å². The first-order valence-electron chi connectivity index (χ1n) is 12.1. The van der Waals surface area contributed by atoms with Gasteiger partial charge in [0, 0.05) is 29.0 Å². The summed E-state index contributed by atoms with van der Waals surface area (Å²) in [6, 6.07) is 22.5. The van der Waals surface area contributed by atoms with Crippen LogP contribution in [0.3, 0.4) is 0 Å². The van der Waals surface area contributed by atoms with E-state index in [0.29, 0.717) is 22.6 Å². The Kier molecular flexibility index (Phi) is 7.50. The van der Waals surface area contributed by atoms with Gasteiger partial charge in [0.1, 0.15) is 11.6 Å². The maximum atomic E-state index is 13.7. The van der Waals surface area contributed by atoms with E-state index in [4.69, 9.17) is 0 Å². The van der Waals surface area contributed by atoms with Gasteiger partial charge in [-0.05, 0) is 35.2 Å². The number of anilines is 2. The van der Waals surface area contributed by atoms with Crippen molar-refractivity contribution in [1.29, 1.82) is 5.26 Å². The number of hydrogen-bond donors (Lipinski definition) is 2. The Labute approximate surface area is 230 Å². The molecular formula is C29H26F2N4O4S. The Balaban J connectivity index is 1.65. The molecule has 0 saturated carbocycles. The zero-order valence-corrected chi connectivity index (χ0v) is 22.9. The third-order valence-electron chi connectivity index (χ3n) is 5.99. The van der Waals surface area contributed by atoms with Crippen molar-refractivity contribution in [3.63, 3.8) is 0 Å². The van der Waals surface area contributed by atoms with Crippen LogP contribution < -0.4 is 14.8 Å². The van der Waals surface area contributed by atoms with Crippen LogP contribution in [0.5, 0.6) is 5.88 Å². The van der Waals surface area contributed by atoms with E-state index < -0.39 is 32.7 Å². The predicted molar refractivity (Wildman–Crippen MR) is 150 cm³/mol. The van der Waals surface area contributed by atoms with E-state index in [2.05, 4.69) is 19.8 Å². The van der Waals surface area contributed by atoms with Crippen molar-refractivity contribution in [3.8, 4) is 23.1 Å². The molecule has 0 fully saturated rings. The van der Waals surface area contributed by atoms with E-state index in [9.17, 15) is 27.3 Å². The summed E-state index contributed by atoms with van der Waals surface area (Å²) in [5.74, 6) is -0.733. The Morgan fingerprint density at radius 2 is 1.60 bits per heavy atom. The first kappa shape index (κ1) is 28.4. The molecule has 11 heteroatoms. The molecule has 1 heterocycles. The van der Waals surface area contributed by atoms with Crippen molar-refractivity contribution >= 4 is 38.3 Å². The Hall–Kier alpha value is -4.56. The smallest absolute Gasteiger partial charge is 0.356 e. The molecule has 0 aliphatic rings. The summed E-state index contributed by atoms with van der Waals surface area (Å²) in [5, 5.41) is 13.0. The summed E-state index contributed by atoms with van der Waals surface area (Å²) in [6.45, 7) is 5.56. The molecular weight excluding hydrogens is 538 g/mol. The maximum Gasteiger partial charge on any atom is 0.377 e. The average Bonchev–Trinajstić information content (AvgIpc) is 2.87. The largest absolute Gasteiger partial charge is 0.377 e. The van der Waals surface area contributed by atoms with E-state index in [0.717, 1.165) is 10.8 Å². The number of nitriles is 1. The summed E-state index contributed by atoms with van der Waals surface area (Å²) in [5.41, 5.74) is 1.12. The first-order valence-corrected chi connectivity index (χ1v) is 13.5.